The normalized spacial score (nSPS) is 18.1. The number of anilines is 1. The van der Waals surface area contributed by atoms with Crippen LogP contribution in [-0.4, -0.2) is 71.4 Å². The van der Waals surface area contributed by atoms with Crippen molar-refractivity contribution in [3.8, 4) is 11.3 Å². The first-order valence-electron chi connectivity index (χ1n) is 12.9. The van der Waals surface area contributed by atoms with Crippen molar-refractivity contribution in [1.82, 2.24) is 19.8 Å². The van der Waals surface area contributed by atoms with E-state index in [1.165, 1.54) is 11.8 Å². The number of hydrogen-bond acceptors (Lipinski definition) is 5. The molecule has 2 aliphatic heterocycles. The second-order valence-electron chi connectivity index (χ2n) is 11.6. The smallest absolute Gasteiger partial charge is 0.325 e. The Bertz CT molecular complexity index is 1450. The van der Waals surface area contributed by atoms with Gasteiger partial charge in [-0.3, -0.25) is 9.80 Å². The number of nitrogens with one attached hydrogen (secondary N) is 1. The summed E-state index contributed by atoms with van der Waals surface area (Å²) in [6.45, 7) is 11.3. The van der Waals surface area contributed by atoms with Crippen LogP contribution in [0.2, 0.25) is 0 Å². The second kappa shape index (κ2) is 9.13. The van der Waals surface area contributed by atoms with Crippen LogP contribution in [0.1, 0.15) is 50.3 Å². The fourth-order valence-corrected chi connectivity index (χ4v) is 6.74. The molecular formula is C28H37N5O3S. The van der Waals surface area contributed by atoms with Crippen LogP contribution < -0.4 is 4.90 Å². The summed E-state index contributed by atoms with van der Waals surface area (Å²) in [5.41, 5.74) is 7.01. The van der Waals surface area contributed by atoms with Gasteiger partial charge < -0.3 is 9.88 Å². The summed E-state index contributed by atoms with van der Waals surface area (Å²) >= 11 is 0. The average Bonchev–Trinajstić information content (AvgIpc) is 3.17. The summed E-state index contributed by atoms with van der Waals surface area (Å²) in [6.07, 6.45) is 4.55. The molecule has 1 fully saturated rings. The van der Waals surface area contributed by atoms with Crippen molar-refractivity contribution >= 4 is 32.6 Å². The predicted octanol–water partition coefficient (Wildman–Crippen LogP) is 4.72. The lowest BCUT2D eigenvalue weighted by Crippen LogP contribution is -2.53. The van der Waals surface area contributed by atoms with Crippen LogP contribution in [-0.2, 0) is 22.9 Å². The van der Waals surface area contributed by atoms with E-state index in [9.17, 15) is 13.2 Å². The number of aromatic amines is 1. The first kappa shape index (κ1) is 25.7. The van der Waals surface area contributed by atoms with Crippen molar-refractivity contribution in [2.45, 2.75) is 64.4 Å². The molecule has 9 heteroatoms. The second-order valence-corrected chi connectivity index (χ2v) is 13.9. The maximum Gasteiger partial charge on any atom is 0.325 e. The standard InChI is InChI=1S/C28H37N5O3S/c1-18-24-22-17-33(28(2,3)4)27(34)31(5)23(22)15-29-26(24)30-25(18)20-9-7-19(8-10-20)16-32-13-11-21(12-14-32)37(6,35)36/h7-10,15,21H,11-14,16-17H2,1-6H3,(H,29,30). The molecule has 1 N–H and O–H groups in total. The van der Waals surface area contributed by atoms with Gasteiger partial charge in [-0.1, -0.05) is 24.3 Å². The number of likely N-dealkylation sites (tertiary alicyclic amines) is 1. The molecule has 2 aliphatic rings. The van der Waals surface area contributed by atoms with Crippen LogP contribution in [0.4, 0.5) is 10.5 Å². The minimum Gasteiger partial charge on any atom is -0.339 e. The van der Waals surface area contributed by atoms with Crippen LogP contribution in [0.25, 0.3) is 22.3 Å². The van der Waals surface area contributed by atoms with E-state index >= 15 is 0 Å². The summed E-state index contributed by atoms with van der Waals surface area (Å²) in [7, 11) is -1.14. The third kappa shape index (κ3) is 4.75. The Kier molecular flexibility index (Phi) is 6.35. The molecule has 198 valence electrons. The van der Waals surface area contributed by atoms with E-state index in [4.69, 9.17) is 0 Å². The molecular weight excluding hydrogens is 486 g/mol. The van der Waals surface area contributed by atoms with Crippen molar-refractivity contribution in [3.05, 3.63) is 47.2 Å². The number of amides is 2. The molecule has 0 saturated carbocycles. The highest BCUT2D eigenvalue weighted by Crippen LogP contribution is 2.39. The number of aryl methyl sites for hydroxylation is 1. The molecule has 2 aromatic heterocycles. The third-order valence-electron chi connectivity index (χ3n) is 7.95. The minimum atomic E-state index is -2.95. The molecule has 0 spiro atoms. The van der Waals surface area contributed by atoms with Crippen molar-refractivity contribution in [2.75, 3.05) is 31.3 Å². The van der Waals surface area contributed by atoms with Gasteiger partial charge in [-0.2, -0.15) is 0 Å². The summed E-state index contributed by atoms with van der Waals surface area (Å²) in [5.74, 6) is 0. The van der Waals surface area contributed by atoms with Gasteiger partial charge in [0.15, 0.2) is 0 Å². The maximum absolute atomic E-state index is 13.0. The zero-order valence-electron chi connectivity index (χ0n) is 22.6. The van der Waals surface area contributed by atoms with Gasteiger partial charge in [-0.15, -0.1) is 0 Å². The molecule has 0 unspecified atom stereocenters. The molecule has 0 aliphatic carbocycles. The Hall–Kier alpha value is -2.91. The monoisotopic (exact) mass is 523 g/mol. The molecule has 0 atom stereocenters. The number of carbonyl (C=O) groups excluding carboxylic acids is 1. The number of sulfone groups is 1. The lowest BCUT2D eigenvalue weighted by Gasteiger charge is -2.42. The third-order valence-corrected chi connectivity index (χ3v) is 9.63. The molecule has 5 rings (SSSR count). The number of H-pyrrole nitrogens is 1. The predicted molar refractivity (Wildman–Crippen MR) is 149 cm³/mol. The number of aromatic nitrogens is 2. The van der Waals surface area contributed by atoms with Gasteiger partial charge in [0.2, 0.25) is 0 Å². The van der Waals surface area contributed by atoms with E-state index in [0.29, 0.717) is 19.4 Å². The lowest BCUT2D eigenvalue weighted by atomic mass is 9.98. The summed E-state index contributed by atoms with van der Waals surface area (Å²) < 4.78 is 23.7. The summed E-state index contributed by atoms with van der Waals surface area (Å²) in [6, 6.07) is 8.57. The molecule has 1 saturated heterocycles. The molecule has 4 heterocycles. The van der Waals surface area contributed by atoms with Crippen LogP contribution in [0.3, 0.4) is 0 Å². The number of hydrogen-bond donors (Lipinski definition) is 1. The number of urea groups is 1. The molecule has 3 aromatic rings. The maximum atomic E-state index is 13.0. The highest BCUT2D eigenvalue weighted by Gasteiger charge is 2.36. The highest BCUT2D eigenvalue weighted by molar-refractivity contribution is 7.91. The van der Waals surface area contributed by atoms with E-state index in [-0.39, 0.29) is 16.8 Å². The van der Waals surface area contributed by atoms with Gasteiger partial charge >= 0.3 is 6.03 Å². The molecule has 2 amide bonds. The fraction of sp³-hybridized carbons (Fsp3) is 0.500. The number of carbonyl (C=O) groups is 1. The van der Waals surface area contributed by atoms with Crippen molar-refractivity contribution in [3.63, 3.8) is 0 Å². The molecule has 37 heavy (non-hydrogen) atoms. The number of benzene rings is 1. The van der Waals surface area contributed by atoms with E-state index in [1.54, 1.807) is 11.1 Å². The number of piperidine rings is 1. The van der Waals surface area contributed by atoms with Crippen molar-refractivity contribution in [1.29, 1.82) is 0 Å². The zero-order chi connectivity index (χ0) is 26.7. The SMILES string of the molecule is Cc1c(-c2ccc(CN3CCC(S(C)(=O)=O)CC3)cc2)[nH]c2ncc3c(c12)CN(C(C)(C)C)C(=O)N3C. The van der Waals surface area contributed by atoms with Crippen molar-refractivity contribution in [2.24, 2.45) is 0 Å². The van der Waals surface area contributed by atoms with Gasteiger partial charge in [0.25, 0.3) is 0 Å². The topological polar surface area (TPSA) is 89.6 Å². The quantitative estimate of drug-likeness (QED) is 0.535. The minimum absolute atomic E-state index is 0.00862. The largest absolute Gasteiger partial charge is 0.339 e. The van der Waals surface area contributed by atoms with E-state index in [1.807, 2.05) is 11.9 Å². The first-order valence-corrected chi connectivity index (χ1v) is 14.9. The van der Waals surface area contributed by atoms with E-state index in [2.05, 4.69) is 66.8 Å². The highest BCUT2D eigenvalue weighted by atomic mass is 32.2. The van der Waals surface area contributed by atoms with Crippen LogP contribution >= 0.6 is 0 Å². The number of nitrogens with zero attached hydrogens (tertiary/aromatic N) is 4. The number of fused-ring (bicyclic) bond motifs is 3. The van der Waals surface area contributed by atoms with E-state index < -0.39 is 9.84 Å². The van der Waals surface area contributed by atoms with Gasteiger partial charge in [0.1, 0.15) is 15.5 Å². The zero-order valence-corrected chi connectivity index (χ0v) is 23.4. The van der Waals surface area contributed by atoms with Gasteiger partial charge in [0.05, 0.1) is 29.4 Å². The Labute approximate surface area is 219 Å². The Morgan fingerprint density at radius 3 is 2.35 bits per heavy atom. The van der Waals surface area contributed by atoms with E-state index in [0.717, 1.165) is 58.7 Å². The molecule has 1 aromatic carbocycles. The van der Waals surface area contributed by atoms with Crippen LogP contribution in [0.5, 0.6) is 0 Å². The van der Waals surface area contributed by atoms with Crippen LogP contribution in [0, 0.1) is 6.92 Å². The van der Waals surface area contributed by atoms with Gasteiger partial charge in [-0.25, -0.2) is 18.2 Å². The summed E-state index contributed by atoms with van der Waals surface area (Å²) in [4.78, 5) is 27.2. The number of pyridine rings is 1. The fourth-order valence-electron chi connectivity index (χ4n) is 5.68. The molecule has 0 radical (unpaired) electrons. The average molecular weight is 524 g/mol. The lowest BCUT2D eigenvalue weighted by molar-refractivity contribution is 0.143. The Balaban J connectivity index is 1.40. The van der Waals surface area contributed by atoms with Gasteiger partial charge in [-0.05, 0) is 70.3 Å². The molecule has 0 bridgehead atoms. The first-order chi connectivity index (χ1) is 17.3. The molecule has 8 nitrogen and oxygen atoms in total. The Morgan fingerprint density at radius 2 is 1.76 bits per heavy atom. The Morgan fingerprint density at radius 1 is 1.11 bits per heavy atom. The van der Waals surface area contributed by atoms with Gasteiger partial charge in [0, 0.05) is 36.3 Å². The summed E-state index contributed by atoms with van der Waals surface area (Å²) in [5, 5.41) is 0.878. The van der Waals surface area contributed by atoms with Crippen molar-refractivity contribution < 1.29 is 13.2 Å². The number of rotatable bonds is 4. The van der Waals surface area contributed by atoms with Crippen LogP contribution in [0.15, 0.2) is 30.5 Å².